The van der Waals surface area contributed by atoms with Crippen LogP contribution in [0.4, 0.5) is 0 Å². The quantitative estimate of drug-likeness (QED) is 0.690. The van der Waals surface area contributed by atoms with Crippen LogP contribution >= 0.6 is 12.4 Å². The van der Waals surface area contributed by atoms with Crippen LogP contribution in [0.25, 0.3) is 0 Å². The molecule has 0 saturated carbocycles. The van der Waals surface area contributed by atoms with Gasteiger partial charge in [-0.15, -0.1) is 12.4 Å². The number of rotatable bonds is 6. The van der Waals surface area contributed by atoms with Gasteiger partial charge in [0, 0.05) is 12.6 Å². The Bertz CT molecular complexity index is 745. The molecule has 2 N–H and O–H groups in total. The summed E-state index contributed by atoms with van der Waals surface area (Å²) in [4.78, 5) is 0. The van der Waals surface area contributed by atoms with E-state index in [0.29, 0.717) is 13.2 Å². The fraction of sp³-hybridized carbons (Fsp3) is 0.100. The van der Waals surface area contributed by atoms with Gasteiger partial charge in [0.05, 0.1) is 0 Å². The van der Waals surface area contributed by atoms with Crippen molar-refractivity contribution in [1.29, 1.82) is 0 Å². The average molecular weight is 342 g/mol. The highest BCUT2D eigenvalue weighted by Gasteiger charge is 2.01. The Hall–Kier alpha value is -2.49. The van der Waals surface area contributed by atoms with Gasteiger partial charge in [0.2, 0.25) is 0 Å². The molecule has 0 aliphatic heterocycles. The van der Waals surface area contributed by atoms with Crippen molar-refractivity contribution in [2.24, 2.45) is 5.73 Å². The van der Waals surface area contributed by atoms with Crippen molar-refractivity contribution in [1.82, 2.24) is 0 Å². The molecule has 0 spiro atoms. The molecule has 0 atom stereocenters. The van der Waals surface area contributed by atoms with E-state index in [9.17, 15) is 0 Å². The smallest absolute Gasteiger partial charge is 0.131 e. The lowest BCUT2D eigenvalue weighted by Gasteiger charge is -2.10. The summed E-state index contributed by atoms with van der Waals surface area (Å²) in [6.07, 6.45) is 0. The first-order chi connectivity index (χ1) is 11.3. The largest absolute Gasteiger partial charge is 0.489 e. The van der Waals surface area contributed by atoms with Crippen molar-refractivity contribution in [3.8, 4) is 17.2 Å². The summed E-state index contributed by atoms with van der Waals surface area (Å²) in [5.74, 6) is 2.31. The van der Waals surface area contributed by atoms with Gasteiger partial charge >= 0.3 is 0 Å². The molecule has 0 aliphatic rings. The third kappa shape index (κ3) is 5.01. The molecule has 0 radical (unpaired) electrons. The molecule has 24 heavy (non-hydrogen) atoms. The van der Waals surface area contributed by atoms with Crippen LogP contribution in [0.2, 0.25) is 0 Å². The highest BCUT2D eigenvalue weighted by Crippen LogP contribution is 2.26. The Balaban J connectivity index is 0.00000208. The minimum absolute atomic E-state index is 0. The number of hydrogen-bond donors (Lipinski definition) is 1. The van der Waals surface area contributed by atoms with E-state index in [2.05, 4.69) is 0 Å². The predicted octanol–water partition coefficient (Wildman–Crippen LogP) is 4.94. The van der Waals surface area contributed by atoms with Crippen LogP contribution in [-0.4, -0.2) is 0 Å². The average Bonchev–Trinajstić information content (AvgIpc) is 2.62. The topological polar surface area (TPSA) is 44.5 Å². The van der Waals surface area contributed by atoms with Crippen LogP contribution in [-0.2, 0) is 13.2 Å². The van der Waals surface area contributed by atoms with Gasteiger partial charge in [-0.1, -0.05) is 48.5 Å². The zero-order valence-corrected chi connectivity index (χ0v) is 14.0. The summed E-state index contributed by atoms with van der Waals surface area (Å²) in [5, 5.41) is 0. The summed E-state index contributed by atoms with van der Waals surface area (Å²) >= 11 is 0. The van der Waals surface area contributed by atoms with E-state index in [1.807, 2.05) is 78.9 Å². The van der Waals surface area contributed by atoms with E-state index in [1.54, 1.807) is 0 Å². The lowest BCUT2D eigenvalue weighted by molar-refractivity contribution is 0.304. The molecule has 4 heteroatoms. The highest BCUT2D eigenvalue weighted by atomic mass is 35.5. The first kappa shape index (κ1) is 17.9. The molecule has 0 amide bonds. The Kier molecular flexibility index (Phi) is 6.67. The standard InChI is InChI=1S/C20H19NO2.ClH/c21-14-16-9-11-18(12-10-16)23-20-8-4-7-19(13-20)22-15-17-5-2-1-3-6-17;/h1-13H,14-15,21H2;1H. The molecule has 3 aromatic rings. The van der Waals surface area contributed by atoms with Gasteiger partial charge in [-0.05, 0) is 35.4 Å². The zero-order valence-electron chi connectivity index (χ0n) is 13.2. The van der Waals surface area contributed by atoms with Gasteiger partial charge in [-0.25, -0.2) is 0 Å². The van der Waals surface area contributed by atoms with Crippen LogP contribution in [0.5, 0.6) is 17.2 Å². The number of ether oxygens (including phenoxy) is 2. The third-order valence-corrected chi connectivity index (χ3v) is 3.45. The molecule has 0 aromatic heterocycles. The van der Waals surface area contributed by atoms with Crippen LogP contribution in [0.15, 0.2) is 78.9 Å². The van der Waals surface area contributed by atoms with E-state index in [0.717, 1.165) is 28.4 Å². The SMILES string of the molecule is Cl.NCc1ccc(Oc2cccc(OCc3ccccc3)c2)cc1. The van der Waals surface area contributed by atoms with E-state index in [-0.39, 0.29) is 12.4 Å². The maximum atomic E-state index is 5.85. The zero-order chi connectivity index (χ0) is 15.9. The van der Waals surface area contributed by atoms with E-state index in [4.69, 9.17) is 15.2 Å². The maximum Gasteiger partial charge on any atom is 0.131 e. The van der Waals surface area contributed by atoms with Crippen molar-refractivity contribution in [2.75, 3.05) is 0 Å². The van der Waals surface area contributed by atoms with Gasteiger partial charge in [0.15, 0.2) is 0 Å². The molecule has 124 valence electrons. The van der Waals surface area contributed by atoms with Crippen molar-refractivity contribution >= 4 is 12.4 Å². The molecular weight excluding hydrogens is 322 g/mol. The minimum Gasteiger partial charge on any atom is -0.489 e. The van der Waals surface area contributed by atoms with Crippen LogP contribution in [0.3, 0.4) is 0 Å². The van der Waals surface area contributed by atoms with Crippen LogP contribution < -0.4 is 15.2 Å². The monoisotopic (exact) mass is 341 g/mol. The van der Waals surface area contributed by atoms with Gasteiger partial charge < -0.3 is 15.2 Å². The summed E-state index contributed by atoms with van der Waals surface area (Å²) in [7, 11) is 0. The van der Waals surface area contributed by atoms with Gasteiger partial charge in [0.1, 0.15) is 23.9 Å². The molecular formula is C20H20ClNO2. The minimum atomic E-state index is 0. The summed E-state index contributed by atoms with van der Waals surface area (Å²) < 4.78 is 11.7. The Morgan fingerprint density at radius 3 is 2.08 bits per heavy atom. The molecule has 0 heterocycles. The number of hydrogen-bond acceptors (Lipinski definition) is 3. The summed E-state index contributed by atoms with van der Waals surface area (Å²) in [6, 6.07) is 25.5. The van der Waals surface area contributed by atoms with E-state index in [1.165, 1.54) is 0 Å². The molecule has 3 nitrogen and oxygen atoms in total. The van der Waals surface area contributed by atoms with Gasteiger partial charge in [0.25, 0.3) is 0 Å². The Morgan fingerprint density at radius 1 is 0.667 bits per heavy atom. The summed E-state index contributed by atoms with van der Waals surface area (Å²) in [6.45, 7) is 1.07. The summed E-state index contributed by atoms with van der Waals surface area (Å²) in [5.41, 5.74) is 7.81. The van der Waals surface area contributed by atoms with Crippen molar-refractivity contribution < 1.29 is 9.47 Å². The Labute approximate surface area is 148 Å². The lowest BCUT2D eigenvalue weighted by Crippen LogP contribution is -1.96. The molecule has 0 aliphatic carbocycles. The lowest BCUT2D eigenvalue weighted by atomic mass is 10.2. The second-order valence-corrected chi connectivity index (χ2v) is 5.20. The molecule has 3 rings (SSSR count). The fourth-order valence-corrected chi connectivity index (χ4v) is 2.20. The predicted molar refractivity (Wildman–Crippen MR) is 98.9 cm³/mol. The molecule has 0 bridgehead atoms. The molecule has 0 saturated heterocycles. The second-order valence-electron chi connectivity index (χ2n) is 5.20. The fourth-order valence-electron chi connectivity index (χ4n) is 2.20. The van der Waals surface area contributed by atoms with Crippen molar-refractivity contribution in [3.63, 3.8) is 0 Å². The number of halogens is 1. The van der Waals surface area contributed by atoms with Gasteiger partial charge in [-0.3, -0.25) is 0 Å². The van der Waals surface area contributed by atoms with Crippen LogP contribution in [0.1, 0.15) is 11.1 Å². The van der Waals surface area contributed by atoms with Crippen molar-refractivity contribution in [3.05, 3.63) is 90.0 Å². The van der Waals surface area contributed by atoms with Gasteiger partial charge in [-0.2, -0.15) is 0 Å². The third-order valence-electron chi connectivity index (χ3n) is 3.45. The van der Waals surface area contributed by atoms with Crippen molar-refractivity contribution in [2.45, 2.75) is 13.2 Å². The second kappa shape index (κ2) is 8.96. The molecule has 0 unspecified atom stereocenters. The van der Waals surface area contributed by atoms with E-state index >= 15 is 0 Å². The highest BCUT2D eigenvalue weighted by molar-refractivity contribution is 5.85. The Morgan fingerprint density at radius 2 is 1.38 bits per heavy atom. The first-order valence-electron chi connectivity index (χ1n) is 7.57. The number of benzene rings is 3. The normalized spacial score (nSPS) is 9.88. The molecule has 3 aromatic carbocycles. The van der Waals surface area contributed by atoms with E-state index < -0.39 is 0 Å². The molecule has 0 fully saturated rings. The maximum absolute atomic E-state index is 5.85. The first-order valence-corrected chi connectivity index (χ1v) is 7.57. The van der Waals surface area contributed by atoms with Crippen LogP contribution in [0, 0.1) is 0 Å². The number of nitrogens with two attached hydrogens (primary N) is 1.